The molecule has 0 bridgehead atoms. The molecule has 2 nitrogen and oxygen atoms in total. The Morgan fingerprint density at radius 3 is 2.47 bits per heavy atom. The van der Waals surface area contributed by atoms with Crippen LogP contribution in [0.4, 0.5) is 0 Å². The predicted octanol–water partition coefficient (Wildman–Crippen LogP) is 3.53. The molecular formula is C15H30N2. The highest BCUT2D eigenvalue weighted by Gasteiger charge is 2.13. The Labute approximate surface area is 107 Å². The van der Waals surface area contributed by atoms with Gasteiger partial charge in [-0.05, 0) is 38.0 Å². The first-order valence-corrected chi connectivity index (χ1v) is 7.47. The first kappa shape index (κ1) is 14.6. The number of nitrogens with zero attached hydrogens (tertiary/aromatic N) is 1. The summed E-state index contributed by atoms with van der Waals surface area (Å²) < 4.78 is 0. The molecule has 1 aliphatic heterocycles. The number of unbranched alkanes of at least 4 members (excludes halogenated alkanes) is 1. The lowest BCUT2D eigenvalue weighted by atomic mass is 9.97. The predicted molar refractivity (Wildman–Crippen MR) is 75.9 cm³/mol. The summed E-state index contributed by atoms with van der Waals surface area (Å²) in [7, 11) is 0. The highest BCUT2D eigenvalue weighted by atomic mass is 15.1. The van der Waals surface area contributed by atoms with Crippen LogP contribution in [-0.4, -0.2) is 24.5 Å². The van der Waals surface area contributed by atoms with E-state index in [1.165, 1.54) is 63.7 Å². The van der Waals surface area contributed by atoms with Crippen molar-refractivity contribution in [2.24, 2.45) is 11.7 Å². The normalized spacial score (nSPS) is 19.5. The SMILES string of the molecule is CCCCC(C=C(CN)N1CCCCC1)CC. The van der Waals surface area contributed by atoms with Crippen molar-refractivity contribution in [3.63, 3.8) is 0 Å². The van der Waals surface area contributed by atoms with Gasteiger partial charge in [-0.15, -0.1) is 0 Å². The second kappa shape index (κ2) is 8.57. The van der Waals surface area contributed by atoms with Gasteiger partial charge in [0.25, 0.3) is 0 Å². The maximum Gasteiger partial charge on any atom is 0.0327 e. The fourth-order valence-corrected chi connectivity index (χ4v) is 2.63. The van der Waals surface area contributed by atoms with Crippen molar-refractivity contribution in [2.45, 2.75) is 58.8 Å². The monoisotopic (exact) mass is 238 g/mol. The Bertz CT molecular complexity index is 217. The number of hydrogen-bond donors (Lipinski definition) is 1. The van der Waals surface area contributed by atoms with Gasteiger partial charge in [0.05, 0.1) is 0 Å². The Morgan fingerprint density at radius 2 is 1.94 bits per heavy atom. The van der Waals surface area contributed by atoms with E-state index in [4.69, 9.17) is 5.73 Å². The van der Waals surface area contributed by atoms with Crippen LogP contribution in [0.2, 0.25) is 0 Å². The van der Waals surface area contributed by atoms with Crippen molar-refractivity contribution < 1.29 is 0 Å². The molecule has 2 heteroatoms. The molecule has 1 atom stereocenters. The molecule has 2 N–H and O–H groups in total. The molecule has 0 aromatic heterocycles. The lowest BCUT2D eigenvalue weighted by molar-refractivity contribution is 0.279. The average Bonchev–Trinajstić information content (AvgIpc) is 2.40. The van der Waals surface area contributed by atoms with Gasteiger partial charge >= 0.3 is 0 Å². The standard InChI is InChI=1S/C15H30N2/c1-3-5-9-14(4-2)12-15(13-16)17-10-7-6-8-11-17/h12,14H,3-11,13,16H2,1-2H3. The summed E-state index contributed by atoms with van der Waals surface area (Å²) >= 11 is 0. The first-order valence-electron chi connectivity index (χ1n) is 7.47. The number of rotatable bonds is 7. The fourth-order valence-electron chi connectivity index (χ4n) is 2.63. The molecule has 0 aliphatic carbocycles. The van der Waals surface area contributed by atoms with Crippen LogP contribution in [0.25, 0.3) is 0 Å². The van der Waals surface area contributed by atoms with Crippen LogP contribution < -0.4 is 5.73 Å². The second-order valence-corrected chi connectivity index (χ2v) is 5.22. The Balaban J connectivity index is 2.55. The molecule has 0 saturated carbocycles. The highest BCUT2D eigenvalue weighted by Crippen LogP contribution is 2.20. The molecule has 1 rings (SSSR count). The number of nitrogens with two attached hydrogens (primary N) is 1. The minimum Gasteiger partial charge on any atom is -0.374 e. The third kappa shape index (κ3) is 5.12. The van der Waals surface area contributed by atoms with Crippen LogP contribution in [-0.2, 0) is 0 Å². The number of likely N-dealkylation sites (tertiary alicyclic amines) is 1. The van der Waals surface area contributed by atoms with Crippen molar-refractivity contribution in [3.05, 3.63) is 11.8 Å². The lowest BCUT2D eigenvalue weighted by Crippen LogP contribution is -2.32. The number of allylic oxidation sites excluding steroid dienone is 1. The van der Waals surface area contributed by atoms with Crippen LogP contribution >= 0.6 is 0 Å². The summed E-state index contributed by atoms with van der Waals surface area (Å²) in [6, 6.07) is 0. The molecule has 1 fully saturated rings. The molecule has 1 saturated heterocycles. The van der Waals surface area contributed by atoms with Crippen LogP contribution in [0.5, 0.6) is 0 Å². The summed E-state index contributed by atoms with van der Waals surface area (Å²) in [5.41, 5.74) is 7.32. The Hall–Kier alpha value is -0.500. The van der Waals surface area contributed by atoms with E-state index in [0.29, 0.717) is 6.54 Å². The van der Waals surface area contributed by atoms with Gasteiger partial charge < -0.3 is 10.6 Å². The summed E-state index contributed by atoms with van der Waals surface area (Å²) in [5.74, 6) is 0.732. The first-order chi connectivity index (χ1) is 8.31. The van der Waals surface area contributed by atoms with E-state index < -0.39 is 0 Å². The minimum absolute atomic E-state index is 0.711. The van der Waals surface area contributed by atoms with Gasteiger partial charge in [0, 0.05) is 25.3 Å². The zero-order valence-electron chi connectivity index (χ0n) is 11.8. The molecule has 17 heavy (non-hydrogen) atoms. The average molecular weight is 238 g/mol. The van der Waals surface area contributed by atoms with Crippen LogP contribution in [0, 0.1) is 5.92 Å². The molecule has 0 aromatic rings. The molecule has 1 heterocycles. The van der Waals surface area contributed by atoms with Crippen molar-refractivity contribution in [1.29, 1.82) is 0 Å². The molecule has 0 aromatic carbocycles. The van der Waals surface area contributed by atoms with Crippen LogP contribution in [0.1, 0.15) is 58.8 Å². The van der Waals surface area contributed by atoms with Gasteiger partial charge in [0.2, 0.25) is 0 Å². The summed E-state index contributed by atoms with van der Waals surface area (Å²) in [6.45, 7) is 7.70. The molecule has 1 aliphatic rings. The van der Waals surface area contributed by atoms with Crippen molar-refractivity contribution in [3.8, 4) is 0 Å². The van der Waals surface area contributed by atoms with E-state index in [0.717, 1.165) is 5.92 Å². The van der Waals surface area contributed by atoms with E-state index in [2.05, 4.69) is 24.8 Å². The molecule has 0 spiro atoms. The molecule has 100 valence electrons. The summed E-state index contributed by atoms with van der Waals surface area (Å²) in [4.78, 5) is 2.51. The van der Waals surface area contributed by atoms with Gasteiger partial charge in [-0.25, -0.2) is 0 Å². The molecule has 1 unspecified atom stereocenters. The minimum atomic E-state index is 0.711. The van der Waals surface area contributed by atoms with E-state index in [-0.39, 0.29) is 0 Å². The molecule has 0 radical (unpaired) electrons. The summed E-state index contributed by atoms with van der Waals surface area (Å²) in [5, 5.41) is 0. The van der Waals surface area contributed by atoms with Crippen molar-refractivity contribution >= 4 is 0 Å². The Kier molecular flexibility index (Phi) is 7.34. The maximum absolute atomic E-state index is 5.93. The van der Waals surface area contributed by atoms with Crippen LogP contribution in [0.15, 0.2) is 11.8 Å². The molecular weight excluding hydrogens is 208 g/mol. The third-order valence-corrected chi connectivity index (χ3v) is 3.85. The number of hydrogen-bond acceptors (Lipinski definition) is 2. The van der Waals surface area contributed by atoms with Crippen molar-refractivity contribution in [2.75, 3.05) is 19.6 Å². The quantitative estimate of drug-likeness (QED) is 0.735. The Morgan fingerprint density at radius 1 is 1.24 bits per heavy atom. The zero-order valence-corrected chi connectivity index (χ0v) is 11.8. The van der Waals surface area contributed by atoms with Crippen LogP contribution in [0.3, 0.4) is 0 Å². The topological polar surface area (TPSA) is 29.3 Å². The van der Waals surface area contributed by atoms with Gasteiger partial charge in [0.15, 0.2) is 0 Å². The third-order valence-electron chi connectivity index (χ3n) is 3.85. The summed E-state index contributed by atoms with van der Waals surface area (Å²) in [6.07, 6.45) is 11.7. The van der Waals surface area contributed by atoms with Gasteiger partial charge in [-0.1, -0.05) is 32.8 Å². The second-order valence-electron chi connectivity index (χ2n) is 5.22. The fraction of sp³-hybridized carbons (Fsp3) is 0.867. The number of piperidine rings is 1. The maximum atomic E-state index is 5.93. The highest BCUT2D eigenvalue weighted by molar-refractivity contribution is 5.06. The zero-order chi connectivity index (χ0) is 12.5. The smallest absolute Gasteiger partial charge is 0.0327 e. The van der Waals surface area contributed by atoms with Crippen molar-refractivity contribution in [1.82, 2.24) is 4.90 Å². The lowest BCUT2D eigenvalue weighted by Gasteiger charge is -2.31. The van der Waals surface area contributed by atoms with Gasteiger partial charge in [-0.3, -0.25) is 0 Å². The van der Waals surface area contributed by atoms with E-state index in [1.807, 2.05) is 0 Å². The van der Waals surface area contributed by atoms with Gasteiger partial charge in [-0.2, -0.15) is 0 Å². The van der Waals surface area contributed by atoms with E-state index >= 15 is 0 Å². The molecule has 0 amide bonds. The van der Waals surface area contributed by atoms with Gasteiger partial charge in [0.1, 0.15) is 0 Å². The van der Waals surface area contributed by atoms with E-state index in [9.17, 15) is 0 Å². The largest absolute Gasteiger partial charge is 0.374 e. The van der Waals surface area contributed by atoms with E-state index in [1.54, 1.807) is 0 Å².